The molecule has 3 aromatic rings. The van der Waals surface area contributed by atoms with Crippen molar-refractivity contribution in [3.63, 3.8) is 0 Å². The van der Waals surface area contributed by atoms with E-state index in [1.54, 1.807) is 18.2 Å². The van der Waals surface area contributed by atoms with Gasteiger partial charge in [0.1, 0.15) is 5.82 Å². The molecule has 7 heteroatoms. The van der Waals surface area contributed by atoms with Crippen LogP contribution in [0.3, 0.4) is 0 Å². The molecule has 0 saturated carbocycles. The zero-order valence-corrected chi connectivity index (χ0v) is 14.2. The minimum Gasteiger partial charge on any atom is -0.494 e. The molecule has 3 rings (SSSR count). The zero-order chi connectivity index (χ0) is 18.7. The molecule has 1 amide bonds. The Morgan fingerprint density at radius 3 is 2.62 bits per heavy atom. The molecule has 0 bridgehead atoms. The predicted octanol–water partition coefficient (Wildman–Crippen LogP) is 2.94. The van der Waals surface area contributed by atoms with Crippen molar-refractivity contribution in [2.75, 3.05) is 12.4 Å². The first-order chi connectivity index (χ1) is 12.5. The van der Waals surface area contributed by atoms with Gasteiger partial charge < -0.3 is 10.1 Å². The van der Waals surface area contributed by atoms with Crippen molar-refractivity contribution < 1.29 is 13.9 Å². The van der Waals surface area contributed by atoms with Crippen LogP contribution in [0.4, 0.5) is 10.1 Å². The Morgan fingerprint density at radius 2 is 1.92 bits per heavy atom. The first-order valence-corrected chi connectivity index (χ1v) is 7.81. The largest absolute Gasteiger partial charge is 0.494 e. The fraction of sp³-hybridized carbons (Fsp3) is 0.105. The molecule has 2 aromatic carbocycles. The number of ether oxygens (including phenoxy) is 1. The van der Waals surface area contributed by atoms with Crippen LogP contribution in [0.2, 0.25) is 0 Å². The van der Waals surface area contributed by atoms with E-state index in [9.17, 15) is 14.0 Å². The molecule has 0 fully saturated rings. The van der Waals surface area contributed by atoms with Crippen molar-refractivity contribution >= 4 is 11.6 Å². The summed E-state index contributed by atoms with van der Waals surface area (Å²) >= 11 is 0. The summed E-state index contributed by atoms with van der Waals surface area (Å²) in [5.74, 6) is -1.06. The van der Waals surface area contributed by atoms with Gasteiger partial charge in [-0.3, -0.25) is 9.59 Å². The fourth-order valence-electron chi connectivity index (χ4n) is 2.48. The summed E-state index contributed by atoms with van der Waals surface area (Å²) in [4.78, 5) is 25.0. The zero-order valence-electron chi connectivity index (χ0n) is 14.2. The van der Waals surface area contributed by atoms with Crippen LogP contribution in [0, 0.1) is 12.7 Å². The normalized spacial score (nSPS) is 10.4. The maximum absolute atomic E-state index is 13.3. The molecular weight excluding hydrogens is 337 g/mol. The monoisotopic (exact) mass is 353 g/mol. The number of nitrogens with one attached hydrogen (secondary N) is 1. The lowest BCUT2D eigenvalue weighted by Crippen LogP contribution is -2.26. The number of anilines is 1. The van der Waals surface area contributed by atoms with E-state index in [4.69, 9.17) is 4.74 Å². The third-order valence-corrected chi connectivity index (χ3v) is 3.76. The molecule has 0 saturated heterocycles. The van der Waals surface area contributed by atoms with Crippen LogP contribution in [-0.4, -0.2) is 22.8 Å². The molecule has 0 spiro atoms. The van der Waals surface area contributed by atoms with E-state index in [0.717, 1.165) is 10.2 Å². The Kier molecular flexibility index (Phi) is 4.79. The van der Waals surface area contributed by atoms with Gasteiger partial charge in [-0.25, -0.2) is 4.39 Å². The van der Waals surface area contributed by atoms with E-state index in [-0.39, 0.29) is 17.1 Å². The van der Waals surface area contributed by atoms with Gasteiger partial charge in [0.2, 0.25) is 0 Å². The average Bonchev–Trinajstić information content (AvgIpc) is 2.62. The Morgan fingerprint density at radius 1 is 1.15 bits per heavy atom. The number of carbonyl (C=O) groups is 1. The van der Waals surface area contributed by atoms with Gasteiger partial charge in [-0.15, -0.1) is 0 Å². The number of amides is 1. The summed E-state index contributed by atoms with van der Waals surface area (Å²) in [5, 5.41) is 6.72. The molecule has 0 aliphatic rings. The lowest BCUT2D eigenvalue weighted by Gasteiger charge is -2.12. The molecule has 6 nitrogen and oxygen atoms in total. The molecule has 132 valence electrons. The van der Waals surface area contributed by atoms with Crippen LogP contribution < -0.4 is 15.6 Å². The van der Waals surface area contributed by atoms with Gasteiger partial charge in [-0.05, 0) is 36.8 Å². The van der Waals surface area contributed by atoms with Crippen molar-refractivity contribution in [1.29, 1.82) is 0 Å². The quantitative estimate of drug-likeness (QED) is 0.783. The number of hydrogen-bond donors (Lipinski definition) is 1. The van der Waals surface area contributed by atoms with Crippen LogP contribution >= 0.6 is 0 Å². The van der Waals surface area contributed by atoms with Crippen molar-refractivity contribution in [1.82, 2.24) is 9.78 Å². The van der Waals surface area contributed by atoms with Crippen molar-refractivity contribution in [2.24, 2.45) is 0 Å². The number of methoxy groups -OCH3 is 1. The highest BCUT2D eigenvalue weighted by molar-refractivity contribution is 6.04. The van der Waals surface area contributed by atoms with Gasteiger partial charge in [0.05, 0.1) is 18.9 Å². The van der Waals surface area contributed by atoms with Gasteiger partial charge in [-0.1, -0.05) is 24.3 Å². The third-order valence-electron chi connectivity index (χ3n) is 3.76. The highest BCUT2D eigenvalue weighted by atomic mass is 19.1. The second kappa shape index (κ2) is 7.18. The standard InChI is InChI=1S/C19H16FN3O3/c1-12-6-3-4-9-15(12)23-17(24)11-16(26-2)18(22-23)19(25)21-14-8-5-7-13(20)10-14/h3-11H,1-2H3,(H,21,25). The van der Waals surface area contributed by atoms with Crippen LogP contribution in [-0.2, 0) is 0 Å². The first kappa shape index (κ1) is 17.3. The minimum absolute atomic E-state index is 0.0359. The van der Waals surface area contributed by atoms with Gasteiger partial charge in [-0.2, -0.15) is 9.78 Å². The summed E-state index contributed by atoms with van der Waals surface area (Å²) in [6, 6.07) is 13.8. The number of aromatic nitrogens is 2. The van der Waals surface area contributed by atoms with Gasteiger partial charge in [0.15, 0.2) is 11.4 Å². The topological polar surface area (TPSA) is 73.2 Å². The van der Waals surface area contributed by atoms with Gasteiger partial charge >= 0.3 is 0 Å². The average molecular weight is 353 g/mol. The maximum atomic E-state index is 13.3. The van der Waals surface area contributed by atoms with E-state index in [2.05, 4.69) is 10.4 Å². The van der Waals surface area contributed by atoms with E-state index in [1.165, 1.54) is 31.4 Å². The van der Waals surface area contributed by atoms with Crippen LogP contribution in [0.15, 0.2) is 59.4 Å². The van der Waals surface area contributed by atoms with E-state index in [0.29, 0.717) is 5.69 Å². The highest BCUT2D eigenvalue weighted by Crippen LogP contribution is 2.18. The smallest absolute Gasteiger partial charge is 0.280 e. The summed E-state index contributed by atoms with van der Waals surface area (Å²) in [5.41, 5.74) is 1.13. The number of nitrogens with zero attached hydrogens (tertiary/aromatic N) is 2. The van der Waals surface area contributed by atoms with Crippen molar-refractivity contribution in [3.05, 3.63) is 82.0 Å². The third kappa shape index (κ3) is 3.46. The predicted molar refractivity (Wildman–Crippen MR) is 95.5 cm³/mol. The van der Waals surface area contributed by atoms with Crippen LogP contribution in [0.5, 0.6) is 5.75 Å². The molecule has 0 unspecified atom stereocenters. The Hall–Kier alpha value is -3.48. The Labute approximate surface area is 148 Å². The molecule has 1 heterocycles. The van der Waals surface area contributed by atoms with Gasteiger partial charge in [0.25, 0.3) is 11.5 Å². The van der Waals surface area contributed by atoms with Crippen LogP contribution in [0.1, 0.15) is 16.1 Å². The highest BCUT2D eigenvalue weighted by Gasteiger charge is 2.19. The molecular formula is C19H16FN3O3. The second-order valence-corrected chi connectivity index (χ2v) is 5.56. The molecule has 0 radical (unpaired) electrons. The summed E-state index contributed by atoms with van der Waals surface area (Å²) in [6.45, 7) is 1.83. The minimum atomic E-state index is -0.616. The number of benzene rings is 2. The molecule has 1 aromatic heterocycles. The number of aryl methyl sites for hydroxylation is 1. The summed E-state index contributed by atoms with van der Waals surface area (Å²) in [6.07, 6.45) is 0. The molecule has 0 aliphatic heterocycles. The van der Waals surface area contributed by atoms with E-state index >= 15 is 0 Å². The molecule has 0 atom stereocenters. The number of rotatable bonds is 4. The first-order valence-electron chi connectivity index (χ1n) is 7.81. The molecule has 0 aliphatic carbocycles. The van der Waals surface area contributed by atoms with Crippen molar-refractivity contribution in [3.8, 4) is 11.4 Å². The SMILES string of the molecule is COc1cc(=O)n(-c2ccccc2C)nc1C(=O)Nc1cccc(F)c1. The van der Waals surface area contributed by atoms with Crippen molar-refractivity contribution in [2.45, 2.75) is 6.92 Å². The molecule has 26 heavy (non-hydrogen) atoms. The Bertz CT molecular complexity index is 1030. The fourth-order valence-corrected chi connectivity index (χ4v) is 2.48. The maximum Gasteiger partial charge on any atom is 0.280 e. The van der Waals surface area contributed by atoms with Crippen LogP contribution in [0.25, 0.3) is 5.69 Å². The van der Waals surface area contributed by atoms with E-state index < -0.39 is 17.3 Å². The second-order valence-electron chi connectivity index (χ2n) is 5.56. The van der Waals surface area contributed by atoms with Gasteiger partial charge in [0, 0.05) is 5.69 Å². The number of carbonyl (C=O) groups excluding carboxylic acids is 1. The summed E-state index contributed by atoms with van der Waals surface area (Å²) < 4.78 is 19.6. The number of halogens is 1. The Balaban J connectivity index is 2.06. The molecule has 1 N–H and O–H groups in total. The summed E-state index contributed by atoms with van der Waals surface area (Å²) in [7, 11) is 1.34. The lowest BCUT2D eigenvalue weighted by atomic mass is 10.2. The number of para-hydroxylation sites is 1. The van der Waals surface area contributed by atoms with E-state index in [1.807, 2.05) is 19.1 Å². The number of hydrogen-bond acceptors (Lipinski definition) is 4. The lowest BCUT2D eigenvalue weighted by molar-refractivity contribution is 0.101.